The fourth-order valence-corrected chi connectivity index (χ4v) is 4.37. The summed E-state index contributed by atoms with van der Waals surface area (Å²) in [4.78, 5) is 27.5. The van der Waals surface area contributed by atoms with Gasteiger partial charge in [0.2, 0.25) is 5.91 Å². The molecule has 2 aromatic rings. The lowest BCUT2D eigenvalue weighted by Gasteiger charge is -2.09. The molecule has 1 atom stereocenters. The number of carbonyl (C=O) groups is 2. The third-order valence-corrected chi connectivity index (χ3v) is 5.51. The summed E-state index contributed by atoms with van der Waals surface area (Å²) < 4.78 is 23.5. The molecule has 0 aliphatic carbocycles. The molecule has 1 aromatic carbocycles. The van der Waals surface area contributed by atoms with E-state index in [1.54, 1.807) is 18.2 Å². The van der Waals surface area contributed by atoms with Gasteiger partial charge in [-0.05, 0) is 24.3 Å². The van der Waals surface area contributed by atoms with Crippen LogP contribution in [0.25, 0.3) is 10.2 Å². The minimum Gasteiger partial charge on any atom is -0.345 e. The molecule has 1 aliphatic heterocycles. The van der Waals surface area contributed by atoms with Crippen LogP contribution in [-0.4, -0.2) is 37.0 Å². The number of rotatable bonds is 3. The maximum atomic E-state index is 12.2. The maximum Gasteiger partial charge on any atom is 0.251 e. The number of sulfone groups is 1. The minimum absolute atomic E-state index is 0.117. The predicted octanol–water partition coefficient (Wildman–Crippen LogP) is 1.30. The van der Waals surface area contributed by atoms with Crippen molar-refractivity contribution in [2.24, 2.45) is 0 Å². The van der Waals surface area contributed by atoms with Gasteiger partial charge in [0.25, 0.3) is 5.91 Å². The number of nitrogens with one attached hydrogen (secondary N) is 2. The normalized spacial score (nSPS) is 18.9. The maximum absolute atomic E-state index is 12.2. The van der Waals surface area contributed by atoms with Crippen molar-refractivity contribution in [3.63, 3.8) is 0 Å². The van der Waals surface area contributed by atoms with Crippen LogP contribution in [-0.2, 0) is 14.6 Å². The Morgan fingerprint density at radius 2 is 2.13 bits per heavy atom. The Morgan fingerprint density at radius 1 is 1.35 bits per heavy atom. The molecule has 9 heteroatoms. The Kier molecular flexibility index (Phi) is 3.90. The lowest BCUT2D eigenvalue weighted by Crippen LogP contribution is -2.35. The summed E-state index contributed by atoms with van der Waals surface area (Å²) in [6.07, 6.45) is 1.47. The van der Waals surface area contributed by atoms with Gasteiger partial charge in [0, 0.05) is 17.9 Å². The molecule has 0 saturated heterocycles. The van der Waals surface area contributed by atoms with E-state index in [4.69, 9.17) is 0 Å². The van der Waals surface area contributed by atoms with Crippen LogP contribution in [0.2, 0.25) is 0 Å². The number of aromatic nitrogens is 1. The van der Waals surface area contributed by atoms with Gasteiger partial charge in [-0.1, -0.05) is 11.3 Å². The molecule has 2 heterocycles. The summed E-state index contributed by atoms with van der Waals surface area (Å²) in [5, 5.41) is 6.85. The van der Waals surface area contributed by atoms with Gasteiger partial charge in [-0.25, -0.2) is 13.4 Å². The second-order valence-corrected chi connectivity index (χ2v) is 8.08. The molecule has 0 radical (unpaired) electrons. The van der Waals surface area contributed by atoms with Crippen molar-refractivity contribution in [1.82, 2.24) is 10.3 Å². The lowest BCUT2D eigenvalue weighted by molar-refractivity contribution is -0.114. The lowest BCUT2D eigenvalue weighted by atomic mass is 10.2. The van der Waals surface area contributed by atoms with Gasteiger partial charge in [-0.15, -0.1) is 0 Å². The SMILES string of the molecule is CC(=O)Nc1nc2ccc(C(=O)NC3C=CS(=O)(=O)C3)cc2s1. The van der Waals surface area contributed by atoms with Crippen molar-refractivity contribution in [2.45, 2.75) is 13.0 Å². The van der Waals surface area contributed by atoms with Gasteiger partial charge in [0.15, 0.2) is 15.0 Å². The third kappa shape index (κ3) is 3.57. The van der Waals surface area contributed by atoms with Crippen molar-refractivity contribution >= 4 is 48.3 Å². The first kappa shape index (κ1) is 15.6. The van der Waals surface area contributed by atoms with Crippen molar-refractivity contribution in [3.05, 3.63) is 35.2 Å². The Bertz CT molecular complexity index is 931. The fourth-order valence-electron chi connectivity index (χ4n) is 2.19. The molecule has 0 bridgehead atoms. The summed E-state index contributed by atoms with van der Waals surface area (Å²) in [5.74, 6) is -0.682. The number of carbonyl (C=O) groups excluding carboxylic acids is 2. The summed E-state index contributed by atoms with van der Waals surface area (Å²) in [6.45, 7) is 1.40. The highest BCUT2D eigenvalue weighted by Crippen LogP contribution is 2.26. The molecule has 120 valence electrons. The van der Waals surface area contributed by atoms with Crippen molar-refractivity contribution in [1.29, 1.82) is 0 Å². The van der Waals surface area contributed by atoms with Crippen LogP contribution in [0.5, 0.6) is 0 Å². The molecular weight excluding hydrogens is 338 g/mol. The first-order valence-corrected chi connectivity index (χ1v) is 9.25. The average molecular weight is 351 g/mol. The third-order valence-electron chi connectivity index (χ3n) is 3.18. The zero-order valence-electron chi connectivity index (χ0n) is 12.1. The Hall–Kier alpha value is -2.26. The number of nitrogens with zero attached hydrogens (tertiary/aromatic N) is 1. The van der Waals surface area contributed by atoms with E-state index >= 15 is 0 Å². The highest BCUT2D eigenvalue weighted by atomic mass is 32.2. The molecule has 1 aromatic heterocycles. The summed E-state index contributed by atoms with van der Waals surface area (Å²) in [6, 6.07) is 4.45. The summed E-state index contributed by atoms with van der Waals surface area (Å²) >= 11 is 1.27. The van der Waals surface area contributed by atoms with E-state index in [1.807, 2.05) is 0 Å². The fraction of sp³-hybridized carbons (Fsp3) is 0.214. The number of hydrogen-bond donors (Lipinski definition) is 2. The number of benzene rings is 1. The molecule has 0 fully saturated rings. The quantitative estimate of drug-likeness (QED) is 0.867. The van der Waals surface area contributed by atoms with Crippen LogP contribution < -0.4 is 10.6 Å². The average Bonchev–Trinajstić information content (AvgIpc) is 2.99. The summed E-state index contributed by atoms with van der Waals surface area (Å²) in [5.41, 5.74) is 1.09. The van der Waals surface area contributed by atoms with E-state index in [-0.39, 0.29) is 17.6 Å². The molecule has 1 aliphatic rings. The molecule has 0 spiro atoms. The molecule has 3 rings (SSSR count). The van der Waals surface area contributed by atoms with Crippen molar-refractivity contribution in [2.75, 3.05) is 11.1 Å². The number of fused-ring (bicyclic) bond motifs is 1. The summed E-state index contributed by atoms with van der Waals surface area (Å²) in [7, 11) is -3.21. The van der Waals surface area contributed by atoms with E-state index in [0.717, 1.165) is 10.1 Å². The van der Waals surface area contributed by atoms with E-state index in [0.29, 0.717) is 16.2 Å². The minimum atomic E-state index is -3.21. The highest BCUT2D eigenvalue weighted by Gasteiger charge is 2.23. The molecular formula is C14H13N3O4S2. The van der Waals surface area contributed by atoms with Crippen LogP contribution in [0, 0.1) is 0 Å². The zero-order valence-corrected chi connectivity index (χ0v) is 13.7. The van der Waals surface area contributed by atoms with Gasteiger partial charge < -0.3 is 10.6 Å². The largest absolute Gasteiger partial charge is 0.345 e. The topological polar surface area (TPSA) is 105 Å². The van der Waals surface area contributed by atoms with Crippen molar-refractivity contribution < 1.29 is 18.0 Å². The monoisotopic (exact) mass is 351 g/mol. The van der Waals surface area contributed by atoms with Gasteiger partial charge in [-0.2, -0.15) is 0 Å². The van der Waals surface area contributed by atoms with Gasteiger partial charge in [-0.3, -0.25) is 9.59 Å². The molecule has 1 unspecified atom stereocenters. The van der Waals surface area contributed by atoms with Crippen molar-refractivity contribution in [3.8, 4) is 0 Å². The molecule has 0 saturated carbocycles. The van der Waals surface area contributed by atoms with Crippen LogP contribution in [0.1, 0.15) is 17.3 Å². The number of thiazole rings is 1. The molecule has 7 nitrogen and oxygen atoms in total. The second kappa shape index (κ2) is 5.74. The number of amides is 2. The molecule has 2 N–H and O–H groups in total. The zero-order chi connectivity index (χ0) is 16.6. The van der Waals surface area contributed by atoms with Crippen LogP contribution in [0.3, 0.4) is 0 Å². The van der Waals surface area contributed by atoms with E-state index in [1.165, 1.54) is 24.3 Å². The second-order valence-electron chi connectivity index (χ2n) is 5.12. The smallest absolute Gasteiger partial charge is 0.251 e. The van der Waals surface area contributed by atoms with E-state index < -0.39 is 15.9 Å². The molecule has 23 heavy (non-hydrogen) atoms. The number of anilines is 1. The van der Waals surface area contributed by atoms with Crippen LogP contribution in [0.15, 0.2) is 29.7 Å². The van der Waals surface area contributed by atoms with Gasteiger partial charge >= 0.3 is 0 Å². The van der Waals surface area contributed by atoms with E-state index in [9.17, 15) is 18.0 Å². The Morgan fingerprint density at radius 3 is 2.78 bits per heavy atom. The number of hydrogen-bond acceptors (Lipinski definition) is 6. The Balaban J connectivity index is 1.78. The first-order chi connectivity index (χ1) is 10.8. The van der Waals surface area contributed by atoms with Crippen LogP contribution in [0.4, 0.5) is 5.13 Å². The van der Waals surface area contributed by atoms with Gasteiger partial charge in [0.05, 0.1) is 22.0 Å². The first-order valence-electron chi connectivity index (χ1n) is 6.72. The Labute approximate surface area is 136 Å². The van der Waals surface area contributed by atoms with E-state index in [2.05, 4.69) is 15.6 Å². The standard InChI is InChI=1S/C14H13N3O4S2/c1-8(18)15-14-17-11-3-2-9(6-12(11)22-14)13(19)16-10-4-5-23(20,21)7-10/h2-6,10H,7H2,1H3,(H,16,19)(H,15,17,18). The molecule has 2 amide bonds. The van der Waals surface area contributed by atoms with Gasteiger partial charge in [0.1, 0.15) is 0 Å². The highest BCUT2D eigenvalue weighted by molar-refractivity contribution is 7.94. The van der Waals surface area contributed by atoms with Crippen LogP contribution >= 0.6 is 11.3 Å². The predicted molar refractivity (Wildman–Crippen MR) is 88.1 cm³/mol.